The fraction of sp³-hybridized carbons (Fsp3) is 0.222. The molecule has 3 heteroatoms. The Bertz CT molecular complexity index is 1030. The van der Waals surface area contributed by atoms with E-state index in [1.54, 1.807) is 0 Å². The van der Waals surface area contributed by atoms with Crippen molar-refractivity contribution in [3.05, 3.63) is 108 Å². The Labute approximate surface area is 183 Å². The lowest BCUT2D eigenvalue weighted by atomic mass is 9.98. The molecule has 4 rings (SSSR count). The molecule has 0 aliphatic carbocycles. The molecule has 1 fully saturated rings. The zero-order valence-electron chi connectivity index (χ0n) is 17.4. The van der Waals surface area contributed by atoms with Crippen molar-refractivity contribution in [2.24, 2.45) is 0 Å². The molecule has 30 heavy (non-hydrogen) atoms. The second-order valence-corrected chi connectivity index (χ2v) is 8.84. The van der Waals surface area contributed by atoms with E-state index in [9.17, 15) is 0 Å². The summed E-state index contributed by atoms with van der Waals surface area (Å²) in [6.07, 6.45) is 7.01. The summed E-state index contributed by atoms with van der Waals surface area (Å²) < 4.78 is 0. The highest BCUT2D eigenvalue weighted by atomic mass is 32.1. The Morgan fingerprint density at radius 1 is 1.07 bits per heavy atom. The van der Waals surface area contributed by atoms with Crippen LogP contribution in [0.3, 0.4) is 0 Å². The molecule has 0 spiro atoms. The van der Waals surface area contributed by atoms with E-state index in [1.807, 2.05) is 23.5 Å². The fourth-order valence-corrected chi connectivity index (χ4v) is 5.24. The summed E-state index contributed by atoms with van der Waals surface area (Å²) in [5.41, 5.74) is 5.87. The molecule has 0 radical (unpaired) electrons. The van der Waals surface area contributed by atoms with Gasteiger partial charge in [0.15, 0.2) is 0 Å². The van der Waals surface area contributed by atoms with Crippen LogP contribution >= 0.6 is 11.3 Å². The molecule has 1 aliphatic rings. The molecule has 1 saturated heterocycles. The maximum atomic E-state index is 4.96. The maximum absolute atomic E-state index is 4.96. The van der Waals surface area contributed by atoms with Crippen molar-refractivity contribution in [2.75, 3.05) is 13.1 Å². The van der Waals surface area contributed by atoms with Crippen LogP contribution in [-0.4, -0.2) is 23.0 Å². The van der Waals surface area contributed by atoms with Gasteiger partial charge in [-0.2, -0.15) is 0 Å². The number of rotatable bonds is 7. The van der Waals surface area contributed by atoms with E-state index in [0.717, 1.165) is 37.3 Å². The second-order valence-electron chi connectivity index (χ2n) is 7.81. The van der Waals surface area contributed by atoms with E-state index in [4.69, 9.17) is 4.98 Å². The van der Waals surface area contributed by atoms with Gasteiger partial charge in [0, 0.05) is 24.7 Å². The van der Waals surface area contributed by atoms with Crippen molar-refractivity contribution in [1.82, 2.24) is 9.88 Å². The first-order valence-corrected chi connectivity index (χ1v) is 11.3. The zero-order valence-corrected chi connectivity index (χ0v) is 18.2. The van der Waals surface area contributed by atoms with E-state index in [2.05, 4.69) is 79.2 Å². The second kappa shape index (κ2) is 9.27. The SMILES string of the molecule is C=CC(=C)N1CCCC(c2nc(C=C)c(-c3ccc(Cc4ccccc4)cc3)s2)C1. The van der Waals surface area contributed by atoms with Crippen molar-refractivity contribution in [3.63, 3.8) is 0 Å². The number of allylic oxidation sites excluding steroid dienone is 1. The summed E-state index contributed by atoms with van der Waals surface area (Å²) in [6, 6.07) is 19.5. The summed E-state index contributed by atoms with van der Waals surface area (Å²) in [4.78, 5) is 8.50. The average Bonchev–Trinajstić information content (AvgIpc) is 3.24. The largest absolute Gasteiger partial charge is 0.371 e. The molecule has 0 N–H and O–H groups in total. The molecule has 0 amide bonds. The van der Waals surface area contributed by atoms with Gasteiger partial charge in [-0.05, 0) is 48.1 Å². The minimum atomic E-state index is 0.435. The minimum Gasteiger partial charge on any atom is -0.371 e. The van der Waals surface area contributed by atoms with Crippen LogP contribution in [0.2, 0.25) is 0 Å². The molecule has 1 aromatic heterocycles. The van der Waals surface area contributed by atoms with Gasteiger partial charge in [0.1, 0.15) is 0 Å². The van der Waals surface area contributed by atoms with Crippen LogP contribution in [0.1, 0.15) is 40.6 Å². The first-order valence-electron chi connectivity index (χ1n) is 10.5. The Morgan fingerprint density at radius 2 is 1.80 bits per heavy atom. The molecule has 0 saturated carbocycles. The summed E-state index contributed by atoms with van der Waals surface area (Å²) >= 11 is 1.81. The number of hydrogen-bond donors (Lipinski definition) is 0. The number of piperidine rings is 1. The van der Waals surface area contributed by atoms with Gasteiger partial charge in [-0.25, -0.2) is 4.98 Å². The number of thiazole rings is 1. The molecule has 2 nitrogen and oxygen atoms in total. The number of likely N-dealkylation sites (tertiary alicyclic amines) is 1. The number of benzene rings is 2. The molecule has 2 aromatic carbocycles. The van der Waals surface area contributed by atoms with Gasteiger partial charge in [0.25, 0.3) is 0 Å². The van der Waals surface area contributed by atoms with Crippen LogP contribution in [0.15, 0.2) is 86.1 Å². The van der Waals surface area contributed by atoms with Gasteiger partial charge < -0.3 is 4.90 Å². The third-order valence-corrected chi connectivity index (χ3v) is 7.03. The highest BCUT2D eigenvalue weighted by molar-refractivity contribution is 7.15. The Kier molecular flexibility index (Phi) is 6.29. The van der Waals surface area contributed by atoms with Gasteiger partial charge >= 0.3 is 0 Å². The van der Waals surface area contributed by atoms with E-state index in [-0.39, 0.29) is 0 Å². The highest BCUT2D eigenvalue weighted by Gasteiger charge is 2.25. The van der Waals surface area contributed by atoms with Crippen molar-refractivity contribution in [3.8, 4) is 10.4 Å². The van der Waals surface area contributed by atoms with Gasteiger partial charge in [0.2, 0.25) is 0 Å². The van der Waals surface area contributed by atoms with Crippen LogP contribution in [0.4, 0.5) is 0 Å². The lowest BCUT2D eigenvalue weighted by Gasteiger charge is -2.33. The molecule has 1 aliphatic heterocycles. The maximum Gasteiger partial charge on any atom is 0.0987 e. The molecule has 0 bridgehead atoms. The van der Waals surface area contributed by atoms with Crippen molar-refractivity contribution in [1.29, 1.82) is 0 Å². The predicted molar refractivity (Wildman–Crippen MR) is 130 cm³/mol. The topological polar surface area (TPSA) is 16.1 Å². The van der Waals surface area contributed by atoms with Crippen LogP contribution in [-0.2, 0) is 6.42 Å². The van der Waals surface area contributed by atoms with Crippen LogP contribution in [0, 0.1) is 0 Å². The van der Waals surface area contributed by atoms with E-state index in [0.29, 0.717) is 5.92 Å². The zero-order chi connectivity index (χ0) is 20.9. The summed E-state index contributed by atoms with van der Waals surface area (Å²) in [5.74, 6) is 0.435. The molecule has 1 unspecified atom stereocenters. The quantitative estimate of drug-likeness (QED) is 0.391. The van der Waals surface area contributed by atoms with E-state index >= 15 is 0 Å². The van der Waals surface area contributed by atoms with Crippen molar-refractivity contribution < 1.29 is 0 Å². The third-order valence-electron chi connectivity index (χ3n) is 5.74. The standard InChI is InChI=1S/C27H28N2S/c1-4-20(3)29-17-9-12-24(19-29)27-28-25(5-2)26(30-27)23-15-13-22(14-16-23)18-21-10-7-6-8-11-21/h4-8,10-11,13-16,24H,1-3,9,12,17-19H2. The molecule has 152 valence electrons. The summed E-state index contributed by atoms with van der Waals surface area (Å²) in [5, 5.41) is 1.20. The van der Waals surface area contributed by atoms with Crippen LogP contribution in [0.25, 0.3) is 16.5 Å². The monoisotopic (exact) mass is 412 g/mol. The first-order chi connectivity index (χ1) is 14.7. The number of hydrogen-bond acceptors (Lipinski definition) is 3. The third kappa shape index (κ3) is 4.47. The molecule has 2 heterocycles. The van der Waals surface area contributed by atoms with Gasteiger partial charge in [-0.1, -0.05) is 74.3 Å². The van der Waals surface area contributed by atoms with Gasteiger partial charge in [-0.3, -0.25) is 0 Å². The summed E-state index contributed by atoms with van der Waals surface area (Å²) in [6.45, 7) is 14.0. The van der Waals surface area contributed by atoms with Crippen molar-refractivity contribution in [2.45, 2.75) is 25.2 Å². The lowest BCUT2D eigenvalue weighted by molar-refractivity contribution is 0.266. The van der Waals surface area contributed by atoms with E-state index in [1.165, 1.54) is 33.0 Å². The predicted octanol–water partition coefficient (Wildman–Crippen LogP) is 6.92. The fourth-order valence-electron chi connectivity index (χ4n) is 4.04. The summed E-state index contributed by atoms with van der Waals surface area (Å²) in [7, 11) is 0. The minimum absolute atomic E-state index is 0.435. The van der Waals surface area contributed by atoms with Crippen LogP contribution in [0.5, 0.6) is 0 Å². The first kappa shape index (κ1) is 20.4. The van der Waals surface area contributed by atoms with Crippen LogP contribution < -0.4 is 0 Å². The van der Waals surface area contributed by atoms with E-state index < -0.39 is 0 Å². The Morgan fingerprint density at radius 3 is 2.50 bits per heavy atom. The Hall–Kier alpha value is -2.91. The molecular formula is C27H28N2S. The highest BCUT2D eigenvalue weighted by Crippen LogP contribution is 2.38. The molecule has 1 atom stereocenters. The lowest BCUT2D eigenvalue weighted by Crippen LogP contribution is -2.32. The van der Waals surface area contributed by atoms with Gasteiger partial charge in [-0.15, -0.1) is 11.3 Å². The van der Waals surface area contributed by atoms with Crippen molar-refractivity contribution >= 4 is 17.4 Å². The number of nitrogens with zero attached hydrogens (tertiary/aromatic N) is 2. The van der Waals surface area contributed by atoms with Gasteiger partial charge in [0.05, 0.1) is 15.6 Å². The normalized spacial score (nSPS) is 16.3. The smallest absolute Gasteiger partial charge is 0.0987 e. The Balaban J connectivity index is 1.54. The number of aromatic nitrogens is 1. The molecular weight excluding hydrogens is 384 g/mol. The molecule has 3 aromatic rings. The average molecular weight is 413 g/mol.